The molecule has 0 atom stereocenters. The largest absolute Gasteiger partial charge is 0.493 e. The lowest BCUT2D eigenvalue weighted by molar-refractivity contribution is -0.122. The van der Waals surface area contributed by atoms with E-state index in [2.05, 4.69) is 38.5 Å². The Hall–Kier alpha value is -1.75. The molecule has 1 aromatic carbocycles. The summed E-state index contributed by atoms with van der Waals surface area (Å²) in [6.07, 6.45) is 3.65. The van der Waals surface area contributed by atoms with Crippen LogP contribution in [0.2, 0.25) is 0 Å². The van der Waals surface area contributed by atoms with E-state index in [4.69, 9.17) is 9.47 Å². The van der Waals surface area contributed by atoms with Gasteiger partial charge in [0.25, 0.3) is 0 Å². The van der Waals surface area contributed by atoms with Crippen molar-refractivity contribution in [2.45, 2.75) is 59.9 Å². The van der Waals surface area contributed by atoms with Gasteiger partial charge in [-0.25, -0.2) is 5.43 Å². The molecule has 0 aliphatic carbocycles. The van der Waals surface area contributed by atoms with Gasteiger partial charge in [-0.1, -0.05) is 46.6 Å². The van der Waals surface area contributed by atoms with Crippen LogP contribution in [0, 0.1) is 11.8 Å². The van der Waals surface area contributed by atoms with Gasteiger partial charge >= 0.3 is 0 Å². The van der Waals surface area contributed by atoms with E-state index in [0.717, 1.165) is 36.3 Å². The molecule has 0 bridgehead atoms. The summed E-state index contributed by atoms with van der Waals surface area (Å²) >= 11 is 0. The number of hydrogen-bond donors (Lipinski definition) is 2. The lowest BCUT2D eigenvalue weighted by Crippen LogP contribution is -2.36. The van der Waals surface area contributed by atoms with Crippen LogP contribution in [0.25, 0.3) is 0 Å². The summed E-state index contributed by atoms with van der Waals surface area (Å²) in [6.45, 7) is 9.82. The maximum atomic E-state index is 11.7. The number of amides is 1. The van der Waals surface area contributed by atoms with E-state index < -0.39 is 0 Å². The molecule has 0 unspecified atom stereocenters. The number of rotatable bonds is 12. The Labute approximate surface area is 152 Å². The minimum Gasteiger partial charge on any atom is -0.493 e. The van der Waals surface area contributed by atoms with E-state index in [1.807, 2.05) is 18.2 Å². The number of benzene rings is 1. The second kappa shape index (κ2) is 11.7. The van der Waals surface area contributed by atoms with Crippen LogP contribution in [0.3, 0.4) is 0 Å². The van der Waals surface area contributed by atoms with Crippen LogP contribution in [-0.4, -0.2) is 19.6 Å². The maximum Gasteiger partial charge on any atom is 0.234 e. The molecule has 5 nitrogen and oxygen atoms in total. The molecule has 1 amide bonds. The van der Waals surface area contributed by atoms with Gasteiger partial charge in [-0.2, -0.15) is 0 Å². The van der Waals surface area contributed by atoms with E-state index in [1.54, 1.807) is 7.11 Å². The summed E-state index contributed by atoms with van der Waals surface area (Å²) in [5.74, 6) is 2.59. The number of hydrogen-bond acceptors (Lipinski definition) is 4. The summed E-state index contributed by atoms with van der Waals surface area (Å²) in [6, 6.07) is 5.85. The first-order valence-electron chi connectivity index (χ1n) is 9.31. The molecule has 0 fully saturated rings. The maximum absolute atomic E-state index is 11.7. The summed E-state index contributed by atoms with van der Waals surface area (Å²) < 4.78 is 11.3. The second-order valence-electron chi connectivity index (χ2n) is 6.81. The summed E-state index contributed by atoms with van der Waals surface area (Å²) in [5.41, 5.74) is 6.73. The molecule has 0 saturated carbocycles. The predicted molar refractivity (Wildman–Crippen MR) is 102 cm³/mol. The number of carbonyl (C=O) groups excluding carboxylic acids is 1. The van der Waals surface area contributed by atoms with Crippen molar-refractivity contribution in [1.82, 2.24) is 10.9 Å². The molecular formula is C20H34N2O3. The van der Waals surface area contributed by atoms with Gasteiger partial charge in [0.2, 0.25) is 5.91 Å². The van der Waals surface area contributed by atoms with Crippen LogP contribution < -0.4 is 20.3 Å². The molecule has 1 aromatic rings. The monoisotopic (exact) mass is 350 g/mol. The molecular weight excluding hydrogens is 316 g/mol. The van der Waals surface area contributed by atoms with E-state index >= 15 is 0 Å². The fourth-order valence-corrected chi connectivity index (χ4v) is 2.40. The number of ether oxygens (including phenoxy) is 2. The van der Waals surface area contributed by atoms with E-state index in [1.165, 1.54) is 0 Å². The molecule has 0 aromatic heterocycles. The van der Waals surface area contributed by atoms with Crippen LogP contribution in [0.15, 0.2) is 18.2 Å². The first kappa shape index (κ1) is 21.3. The van der Waals surface area contributed by atoms with E-state index in [0.29, 0.717) is 31.4 Å². The van der Waals surface area contributed by atoms with Gasteiger partial charge in [0.05, 0.1) is 13.7 Å². The third-order valence-corrected chi connectivity index (χ3v) is 4.33. The molecule has 0 spiro atoms. The minimum absolute atomic E-state index is 0.0193. The Balaban J connectivity index is 2.49. The van der Waals surface area contributed by atoms with Crippen LogP contribution in [0.1, 0.15) is 58.9 Å². The van der Waals surface area contributed by atoms with Crippen LogP contribution in [0.4, 0.5) is 0 Å². The first-order valence-corrected chi connectivity index (χ1v) is 9.31. The summed E-state index contributed by atoms with van der Waals surface area (Å²) in [5, 5.41) is 0. The number of nitrogens with one attached hydrogen (secondary N) is 2. The molecule has 2 N–H and O–H groups in total. The predicted octanol–water partition coefficient (Wildman–Crippen LogP) is 4.07. The first-order chi connectivity index (χ1) is 12.0. The lowest BCUT2D eigenvalue weighted by atomic mass is 10.1. The molecule has 0 radical (unpaired) electrons. The average molecular weight is 351 g/mol. The average Bonchev–Trinajstić information content (AvgIpc) is 2.61. The van der Waals surface area contributed by atoms with Crippen LogP contribution in [-0.2, 0) is 11.3 Å². The summed E-state index contributed by atoms with van der Waals surface area (Å²) in [4.78, 5) is 11.7. The zero-order valence-electron chi connectivity index (χ0n) is 16.4. The Bertz CT molecular complexity index is 514. The Kier molecular flexibility index (Phi) is 10.0. The molecule has 0 saturated heterocycles. The fraction of sp³-hybridized carbons (Fsp3) is 0.650. The van der Waals surface area contributed by atoms with Crippen molar-refractivity contribution in [1.29, 1.82) is 0 Å². The third kappa shape index (κ3) is 8.25. The van der Waals surface area contributed by atoms with Crippen molar-refractivity contribution in [3.8, 4) is 11.5 Å². The highest BCUT2D eigenvalue weighted by atomic mass is 16.5. The van der Waals surface area contributed by atoms with Gasteiger partial charge in [-0.15, -0.1) is 0 Å². The van der Waals surface area contributed by atoms with Gasteiger partial charge in [0.15, 0.2) is 11.5 Å². The van der Waals surface area contributed by atoms with Crippen LogP contribution >= 0.6 is 0 Å². The Morgan fingerprint density at radius 1 is 1.16 bits per heavy atom. The normalized spacial score (nSPS) is 11.0. The SMILES string of the molecule is CCC(CC)COc1ccc(CNNC(=O)CCC(C)C)cc1OC. The molecule has 5 heteroatoms. The van der Waals surface area contributed by atoms with Crippen molar-refractivity contribution < 1.29 is 14.3 Å². The zero-order valence-corrected chi connectivity index (χ0v) is 16.4. The highest BCUT2D eigenvalue weighted by molar-refractivity contribution is 5.75. The van der Waals surface area contributed by atoms with Crippen LogP contribution in [0.5, 0.6) is 11.5 Å². The second-order valence-corrected chi connectivity index (χ2v) is 6.81. The molecule has 0 heterocycles. The lowest BCUT2D eigenvalue weighted by Gasteiger charge is -2.16. The summed E-state index contributed by atoms with van der Waals surface area (Å²) in [7, 11) is 1.64. The highest BCUT2D eigenvalue weighted by Gasteiger charge is 2.10. The van der Waals surface area contributed by atoms with Crippen molar-refractivity contribution in [3.05, 3.63) is 23.8 Å². The Morgan fingerprint density at radius 3 is 2.48 bits per heavy atom. The minimum atomic E-state index is 0.0193. The van der Waals surface area contributed by atoms with Crippen molar-refractivity contribution in [2.75, 3.05) is 13.7 Å². The van der Waals surface area contributed by atoms with E-state index in [9.17, 15) is 4.79 Å². The zero-order chi connectivity index (χ0) is 18.7. The van der Waals surface area contributed by atoms with Gasteiger partial charge in [0, 0.05) is 13.0 Å². The third-order valence-electron chi connectivity index (χ3n) is 4.33. The van der Waals surface area contributed by atoms with Gasteiger partial charge in [-0.3, -0.25) is 10.2 Å². The van der Waals surface area contributed by atoms with Crippen molar-refractivity contribution in [2.24, 2.45) is 11.8 Å². The topological polar surface area (TPSA) is 59.6 Å². The number of methoxy groups -OCH3 is 1. The molecule has 0 aliphatic heterocycles. The van der Waals surface area contributed by atoms with Gasteiger partial charge in [-0.05, 0) is 36.0 Å². The number of carbonyl (C=O) groups is 1. The standard InChI is InChI=1S/C20H34N2O3/c1-6-16(7-2)14-25-18-10-9-17(12-19(18)24-5)13-21-22-20(23)11-8-15(3)4/h9-10,12,15-16,21H,6-8,11,13-14H2,1-5H3,(H,22,23). The van der Waals surface area contributed by atoms with Crippen molar-refractivity contribution in [3.63, 3.8) is 0 Å². The van der Waals surface area contributed by atoms with Gasteiger partial charge in [0.1, 0.15) is 0 Å². The molecule has 1 rings (SSSR count). The Morgan fingerprint density at radius 2 is 1.88 bits per heavy atom. The smallest absolute Gasteiger partial charge is 0.234 e. The number of hydrazine groups is 1. The fourth-order valence-electron chi connectivity index (χ4n) is 2.40. The highest BCUT2D eigenvalue weighted by Crippen LogP contribution is 2.28. The molecule has 25 heavy (non-hydrogen) atoms. The molecule has 0 aliphatic rings. The quantitative estimate of drug-likeness (QED) is 0.558. The van der Waals surface area contributed by atoms with Gasteiger partial charge < -0.3 is 9.47 Å². The molecule has 142 valence electrons. The van der Waals surface area contributed by atoms with E-state index in [-0.39, 0.29) is 5.91 Å². The van der Waals surface area contributed by atoms with Crippen molar-refractivity contribution >= 4 is 5.91 Å².